The van der Waals surface area contributed by atoms with Crippen molar-refractivity contribution in [3.8, 4) is 17.3 Å². The quantitative estimate of drug-likeness (QED) is 0.0240. The van der Waals surface area contributed by atoms with E-state index in [-0.39, 0.29) is 63.7 Å². The van der Waals surface area contributed by atoms with Gasteiger partial charge in [-0.25, -0.2) is 14.6 Å². The Bertz CT molecular complexity index is 2150. The molecule has 270 valence electrons. The molecule has 0 aromatic carbocycles. The number of carboxylic acid groups (broad SMARTS) is 2. The minimum atomic E-state index is -1.27. The number of aromatic amines is 1. The standard InChI is InChI=1S/C29H25N9O10S4/c30-28-32-16(12-52-28)20(36-47-5-6-49-29-35-34-24(48-29)15-7-17(39)18(40)8-31-15)23(43)33-21-25(44)38-22(27(45)46)13(11-51-26(21)38)10-50-14-1-3-37(4-2-14)9-19(41)42/h1-4,7-8,12,21,26H,5-6,9-11H2,(H6-,30,31,32,33,34,36,39,40,41,42,43,45,46)/p+1/t21-,26-/m1/s1. The Morgan fingerprint density at radius 2 is 2.00 bits per heavy atom. The summed E-state index contributed by atoms with van der Waals surface area (Å²) in [7, 11) is 0. The Morgan fingerprint density at radius 3 is 2.69 bits per heavy atom. The van der Waals surface area contributed by atoms with Crippen molar-refractivity contribution >= 4 is 81.2 Å². The number of carbonyl (C=O) groups is 4. The van der Waals surface area contributed by atoms with Crippen LogP contribution in [0.3, 0.4) is 0 Å². The molecule has 0 unspecified atom stereocenters. The number of hydrogen-bond acceptors (Lipinski definition) is 17. The third kappa shape index (κ3) is 8.22. The van der Waals surface area contributed by atoms with Gasteiger partial charge < -0.3 is 40.6 Å². The molecule has 0 spiro atoms. The average molecular weight is 789 g/mol. The highest BCUT2D eigenvalue weighted by Gasteiger charge is 2.54. The molecule has 0 bridgehead atoms. The molecule has 4 aromatic heterocycles. The van der Waals surface area contributed by atoms with Crippen LogP contribution >= 0.6 is 46.6 Å². The summed E-state index contributed by atoms with van der Waals surface area (Å²) in [5.74, 6) is -3.26. The molecule has 52 heavy (non-hydrogen) atoms. The first-order valence-electron chi connectivity index (χ1n) is 14.8. The molecule has 0 saturated carbocycles. The monoisotopic (exact) mass is 788 g/mol. The summed E-state index contributed by atoms with van der Waals surface area (Å²) in [6, 6.07) is 3.51. The third-order valence-corrected chi connectivity index (χ3v) is 11.1. The fraction of sp³-hybridized carbons (Fsp3) is 0.241. The van der Waals surface area contributed by atoms with Crippen molar-refractivity contribution in [3.05, 3.63) is 69.4 Å². The van der Waals surface area contributed by atoms with E-state index >= 15 is 0 Å². The summed E-state index contributed by atoms with van der Waals surface area (Å²) in [4.78, 5) is 75.8. The van der Waals surface area contributed by atoms with Gasteiger partial charge in [0, 0.05) is 51.9 Å². The molecule has 2 amide bonds. The van der Waals surface area contributed by atoms with Gasteiger partial charge in [0.25, 0.3) is 22.9 Å². The number of thioether (sulfide) groups is 3. The van der Waals surface area contributed by atoms with Crippen molar-refractivity contribution in [2.24, 2.45) is 5.16 Å². The number of amides is 2. The number of oxime groups is 1. The van der Waals surface area contributed by atoms with E-state index in [0.717, 1.165) is 45.2 Å². The maximum Gasteiger partial charge on any atom is 0.370 e. The predicted octanol–water partition coefficient (Wildman–Crippen LogP) is 0.585. The van der Waals surface area contributed by atoms with Crippen LogP contribution in [0.2, 0.25) is 0 Å². The van der Waals surface area contributed by atoms with Crippen LogP contribution in [0.4, 0.5) is 5.13 Å². The number of β-lactam (4-membered cyclic amide) rings is 1. The maximum atomic E-state index is 13.4. The van der Waals surface area contributed by atoms with Gasteiger partial charge in [-0.1, -0.05) is 16.9 Å². The lowest BCUT2D eigenvalue weighted by Gasteiger charge is -2.49. The first kappa shape index (κ1) is 36.4. The number of nitrogen functional groups attached to an aromatic ring is 1. The number of H-pyrrole nitrogens is 1. The summed E-state index contributed by atoms with van der Waals surface area (Å²) in [6.45, 7) is -0.217. The molecular formula is C29H26N9O10S4+. The number of anilines is 1. The van der Waals surface area contributed by atoms with Gasteiger partial charge in [-0.15, -0.1) is 45.1 Å². The summed E-state index contributed by atoms with van der Waals surface area (Å²) in [5.41, 5.74) is 5.62. The van der Waals surface area contributed by atoms with E-state index in [4.69, 9.17) is 20.1 Å². The van der Waals surface area contributed by atoms with Crippen molar-refractivity contribution in [1.82, 2.24) is 30.4 Å². The second-order valence-corrected chi connectivity index (χ2v) is 14.8. The number of aliphatic carboxylic acids is 2. The molecule has 19 nitrogen and oxygen atoms in total. The van der Waals surface area contributed by atoms with E-state index in [1.807, 2.05) is 0 Å². The first-order chi connectivity index (χ1) is 25.0. The summed E-state index contributed by atoms with van der Waals surface area (Å²) in [5, 5.41) is 43.9. The number of carboxylic acids is 2. The lowest BCUT2D eigenvalue weighted by molar-refractivity contribution is -0.686. The van der Waals surface area contributed by atoms with Gasteiger partial charge in [0.1, 0.15) is 35.1 Å². The second kappa shape index (κ2) is 15.9. The SMILES string of the molecule is Nc1nc(/C(=N/OCCSc2nnc(-c3cc(=O)c(O)c[nH]3)o2)C(=O)N[C@@H]2C(=O)N3C(C(=O)O)=C(CSc4cc[n+](CC(=O)O)cc4)CS[C@H]23)cs1. The lowest BCUT2D eigenvalue weighted by atomic mass is 10.0. The highest BCUT2D eigenvalue weighted by Crippen LogP contribution is 2.41. The van der Waals surface area contributed by atoms with Crippen LogP contribution < -0.4 is 21.0 Å². The molecule has 1 fully saturated rings. The number of thiazole rings is 1. The van der Waals surface area contributed by atoms with Gasteiger partial charge in [0.2, 0.25) is 12.0 Å². The maximum absolute atomic E-state index is 13.4. The molecule has 4 aromatic rings. The van der Waals surface area contributed by atoms with Crippen LogP contribution in [-0.2, 0) is 30.6 Å². The number of carbonyl (C=O) groups excluding carboxylic acids is 2. The van der Waals surface area contributed by atoms with E-state index in [0.29, 0.717) is 11.3 Å². The highest BCUT2D eigenvalue weighted by molar-refractivity contribution is 8.01. The van der Waals surface area contributed by atoms with E-state index in [2.05, 4.69) is 30.6 Å². The molecule has 2 aliphatic rings. The number of nitrogens with one attached hydrogen (secondary N) is 2. The Hall–Kier alpha value is -5.39. The third-order valence-electron chi connectivity index (χ3n) is 7.19. The molecule has 1 saturated heterocycles. The van der Waals surface area contributed by atoms with E-state index in [1.165, 1.54) is 33.5 Å². The number of hydrogen-bond donors (Lipinski definition) is 6. The highest BCUT2D eigenvalue weighted by atomic mass is 32.2. The number of aromatic nitrogens is 5. The first-order valence-corrected chi connectivity index (χ1v) is 18.7. The molecule has 0 radical (unpaired) electrons. The number of pyridine rings is 2. The Morgan fingerprint density at radius 1 is 1.21 bits per heavy atom. The largest absolute Gasteiger partial charge is 0.503 e. The fourth-order valence-corrected chi connectivity index (χ4v) is 8.30. The Balaban J connectivity index is 1.06. The van der Waals surface area contributed by atoms with Crippen LogP contribution in [0.1, 0.15) is 5.69 Å². The molecule has 7 N–H and O–H groups in total. The number of rotatable bonds is 15. The number of aromatic hydroxyl groups is 1. The van der Waals surface area contributed by atoms with Crippen LogP contribution in [0.25, 0.3) is 11.6 Å². The Kier molecular flexibility index (Phi) is 11.1. The van der Waals surface area contributed by atoms with Gasteiger partial charge in [-0.05, 0) is 5.57 Å². The minimum absolute atomic E-state index is 0.0255. The molecule has 23 heteroatoms. The molecule has 2 aliphatic heterocycles. The molecule has 0 aliphatic carbocycles. The van der Waals surface area contributed by atoms with E-state index < -0.39 is 46.3 Å². The summed E-state index contributed by atoms with van der Waals surface area (Å²) in [6.07, 6.45) is 4.33. The number of fused-ring (bicyclic) bond motifs is 1. The smallest absolute Gasteiger partial charge is 0.370 e. The van der Waals surface area contributed by atoms with Crippen molar-refractivity contribution in [2.75, 3.05) is 29.6 Å². The topological polar surface area (TPSA) is 280 Å². The van der Waals surface area contributed by atoms with Gasteiger partial charge in [0.15, 0.2) is 29.0 Å². The van der Waals surface area contributed by atoms with Gasteiger partial charge in [0.05, 0.1) is 0 Å². The minimum Gasteiger partial charge on any atom is -0.503 e. The molecule has 6 rings (SSSR count). The van der Waals surface area contributed by atoms with Crippen LogP contribution in [0, 0.1) is 0 Å². The van der Waals surface area contributed by atoms with Crippen molar-refractivity contribution in [3.63, 3.8) is 0 Å². The van der Waals surface area contributed by atoms with Crippen LogP contribution in [0.15, 0.2) is 77.9 Å². The summed E-state index contributed by atoms with van der Waals surface area (Å²) >= 11 is 4.83. The fourth-order valence-electron chi connectivity index (χ4n) is 4.82. The lowest BCUT2D eigenvalue weighted by Crippen LogP contribution is -2.71. The normalized spacial score (nSPS) is 17.0. The molecule has 2 atom stereocenters. The molecule has 6 heterocycles. The Labute approximate surface area is 308 Å². The van der Waals surface area contributed by atoms with Gasteiger partial charge in [-0.2, -0.15) is 4.57 Å². The average Bonchev–Trinajstić information content (AvgIpc) is 3.77. The van der Waals surface area contributed by atoms with Crippen molar-refractivity contribution in [2.45, 2.75) is 28.1 Å². The number of nitrogens with two attached hydrogens (primary N) is 1. The molecular weight excluding hydrogens is 763 g/mol. The van der Waals surface area contributed by atoms with E-state index in [9.17, 15) is 34.2 Å². The van der Waals surface area contributed by atoms with Crippen molar-refractivity contribution < 1.29 is 48.3 Å². The zero-order valence-electron chi connectivity index (χ0n) is 26.3. The van der Waals surface area contributed by atoms with E-state index in [1.54, 1.807) is 24.5 Å². The van der Waals surface area contributed by atoms with Crippen LogP contribution in [0.5, 0.6) is 5.75 Å². The predicted molar refractivity (Wildman–Crippen MR) is 186 cm³/mol. The zero-order valence-corrected chi connectivity index (χ0v) is 29.6. The van der Waals surface area contributed by atoms with Crippen LogP contribution in [-0.4, -0.2) is 105 Å². The second-order valence-electron chi connectivity index (χ2n) is 10.7. The van der Waals surface area contributed by atoms with Crippen molar-refractivity contribution in [1.29, 1.82) is 0 Å². The number of nitrogens with zero attached hydrogens (tertiary/aromatic N) is 6. The van der Waals surface area contributed by atoms with Gasteiger partial charge in [-0.3, -0.25) is 19.3 Å². The summed E-state index contributed by atoms with van der Waals surface area (Å²) < 4.78 is 7.00. The van der Waals surface area contributed by atoms with Gasteiger partial charge >= 0.3 is 11.9 Å². The zero-order chi connectivity index (χ0) is 36.9.